The van der Waals surface area contributed by atoms with Gasteiger partial charge in [-0.15, -0.1) is 0 Å². The summed E-state index contributed by atoms with van der Waals surface area (Å²) >= 11 is 0. The van der Waals surface area contributed by atoms with E-state index in [0.29, 0.717) is 25.3 Å². The molecule has 194 valence electrons. The minimum Gasteiger partial charge on any atom is -0.460 e. The van der Waals surface area contributed by atoms with E-state index in [4.69, 9.17) is 4.74 Å². The van der Waals surface area contributed by atoms with Crippen molar-refractivity contribution in [2.45, 2.75) is 78.5 Å². The molecule has 0 saturated carbocycles. The van der Waals surface area contributed by atoms with Gasteiger partial charge in [0.15, 0.2) is 0 Å². The normalized spacial score (nSPS) is 20.0. The molecule has 9 heteroatoms. The Labute approximate surface area is 209 Å². The van der Waals surface area contributed by atoms with Gasteiger partial charge in [-0.05, 0) is 64.3 Å². The summed E-state index contributed by atoms with van der Waals surface area (Å²) in [5.74, 6) is 1.02. The van der Waals surface area contributed by atoms with Gasteiger partial charge >= 0.3 is 12.0 Å². The number of urea groups is 1. The third kappa shape index (κ3) is 7.65. The van der Waals surface area contributed by atoms with Crippen molar-refractivity contribution < 1.29 is 19.1 Å². The Kier molecular flexibility index (Phi) is 9.10. The highest BCUT2D eigenvalue weighted by atomic mass is 16.6. The maximum Gasteiger partial charge on any atom is 0.324 e. The summed E-state index contributed by atoms with van der Waals surface area (Å²) in [6.45, 7) is 14.5. The monoisotopic (exact) mass is 487 g/mol. The molecule has 1 aromatic rings. The number of carbonyl (C=O) groups excluding carboxylic acids is 3. The molecule has 1 N–H and O–H groups in total. The van der Waals surface area contributed by atoms with E-state index in [2.05, 4.69) is 26.2 Å². The van der Waals surface area contributed by atoms with Crippen LogP contribution in [0.25, 0.3) is 0 Å². The number of nitrogens with one attached hydrogen (secondary N) is 1. The van der Waals surface area contributed by atoms with Crippen molar-refractivity contribution in [2.75, 3.05) is 37.6 Å². The van der Waals surface area contributed by atoms with E-state index >= 15 is 0 Å². The fourth-order valence-corrected chi connectivity index (χ4v) is 4.69. The number of imide groups is 1. The SMILES string of the molecule is CC.CC(C)(C)OC(=O)CC1CCN(Cc2ccc(N3CC(N4CCC(=O)NC4=O)C3)nc2)CC1. The summed E-state index contributed by atoms with van der Waals surface area (Å²) in [5.41, 5.74) is 0.756. The fourth-order valence-electron chi connectivity index (χ4n) is 4.69. The molecule has 0 aromatic carbocycles. The average Bonchev–Trinajstić information content (AvgIpc) is 2.77. The summed E-state index contributed by atoms with van der Waals surface area (Å²) in [5, 5.41) is 2.39. The number of esters is 1. The van der Waals surface area contributed by atoms with Crippen LogP contribution in [0.4, 0.5) is 10.6 Å². The lowest BCUT2D eigenvalue weighted by molar-refractivity contribution is -0.156. The number of anilines is 1. The minimum absolute atomic E-state index is 0.0941. The lowest BCUT2D eigenvalue weighted by Gasteiger charge is -2.46. The van der Waals surface area contributed by atoms with Crippen LogP contribution in [0.15, 0.2) is 18.3 Å². The van der Waals surface area contributed by atoms with Crippen molar-refractivity contribution >= 4 is 23.7 Å². The van der Waals surface area contributed by atoms with Crippen LogP contribution < -0.4 is 10.2 Å². The number of amides is 3. The van der Waals surface area contributed by atoms with Crippen molar-refractivity contribution in [3.8, 4) is 0 Å². The number of ether oxygens (including phenoxy) is 1. The lowest BCUT2D eigenvalue weighted by atomic mass is 9.93. The smallest absolute Gasteiger partial charge is 0.324 e. The van der Waals surface area contributed by atoms with Gasteiger partial charge in [-0.3, -0.25) is 19.8 Å². The number of pyridine rings is 1. The van der Waals surface area contributed by atoms with E-state index < -0.39 is 5.60 Å². The second kappa shape index (κ2) is 11.8. The number of carbonyl (C=O) groups is 3. The largest absolute Gasteiger partial charge is 0.460 e. The second-order valence-electron chi connectivity index (χ2n) is 10.4. The molecule has 0 spiro atoms. The molecule has 0 atom stereocenters. The van der Waals surface area contributed by atoms with Crippen LogP contribution in [0, 0.1) is 5.92 Å². The lowest BCUT2D eigenvalue weighted by Crippen LogP contribution is -2.65. The van der Waals surface area contributed by atoms with Gasteiger partial charge in [0, 0.05) is 45.2 Å². The Morgan fingerprint density at radius 3 is 2.37 bits per heavy atom. The van der Waals surface area contributed by atoms with E-state index in [-0.39, 0.29) is 23.9 Å². The molecular formula is C26H41N5O4. The Balaban J connectivity index is 0.00000167. The van der Waals surface area contributed by atoms with Gasteiger partial charge < -0.3 is 14.5 Å². The number of piperidine rings is 1. The molecule has 0 bridgehead atoms. The summed E-state index contributed by atoms with van der Waals surface area (Å²) < 4.78 is 5.46. The molecule has 3 saturated heterocycles. The molecule has 3 amide bonds. The summed E-state index contributed by atoms with van der Waals surface area (Å²) in [4.78, 5) is 46.3. The Morgan fingerprint density at radius 2 is 1.80 bits per heavy atom. The quantitative estimate of drug-likeness (QED) is 0.616. The zero-order valence-corrected chi connectivity index (χ0v) is 21.9. The first-order valence-corrected chi connectivity index (χ1v) is 12.9. The molecule has 4 rings (SSSR count). The number of aromatic nitrogens is 1. The van der Waals surface area contributed by atoms with E-state index in [1.54, 1.807) is 4.90 Å². The van der Waals surface area contributed by atoms with Crippen LogP contribution in [0.3, 0.4) is 0 Å². The Morgan fingerprint density at radius 1 is 1.11 bits per heavy atom. The summed E-state index contributed by atoms with van der Waals surface area (Å²) in [7, 11) is 0. The van der Waals surface area contributed by atoms with Crippen molar-refractivity contribution in [3.63, 3.8) is 0 Å². The summed E-state index contributed by atoms with van der Waals surface area (Å²) in [6, 6.07) is 4.01. The predicted molar refractivity (Wildman–Crippen MR) is 135 cm³/mol. The van der Waals surface area contributed by atoms with Gasteiger partial charge in [0.25, 0.3) is 0 Å². The highest BCUT2D eigenvalue weighted by Gasteiger charge is 2.37. The third-order valence-corrected chi connectivity index (χ3v) is 6.51. The first-order valence-electron chi connectivity index (χ1n) is 12.9. The highest BCUT2D eigenvalue weighted by molar-refractivity contribution is 5.96. The molecule has 3 fully saturated rings. The summed E-state index contributed by atoms with van der Waals surface area (Å²) in [6.07, 6.45) is 4.83. The van der Waals surface area contributed by atoms with Crippen LogP contribution >= 0.6 is 0 Å². The van der Waals surface area contributed by atoms with Gasteiger partial charge in [-0.25, -0.2) is 9.78 Å². The molecule has 0 radical (unpaired) electrons. The van der Waals surface area contributed by atoms with Gasteiger partial charge in [0.2, 0.25) is 5.91 Å². The topological polar surface area (TPSA) is 95.1 Å². The average molecular weight is 488 g/mol. The van der Waals surface area contributed by atoms with Crippen LogP contribution in [-0.4, -0.2) is 77.1 Å². The van der Waals surface area contributed by atoms with Crippen LogP contribution in [0.5, 0.6) is 0 Å². The molecule has 9 nitrogen and oxygen atoms in total. The van der Waals surface area contributed by atoms with Gasteiger partial charge in [0.1, 0.15) is 11.4 Å². The van der Waals surface area contributed by atoms with E-state index in [0.717, 1.165) is 51.4 Å². The zero-order chi connectivity index (χ0) is 25.6. The first-order chi connectivity index (χ1) is 16.7. The molecule has 3 aliphatic rings. The van der Waals surface area contributed by atoms with Crippen molar-refractivity contribution in [1.29, 1.82) is 0 Å². The van der Waals surface area contributed by atoms with Crippen LogP contribution in [0.1, 0.15) is 65.9 Å². The van der Waals surface area contributed by atoms with Crippen LogP contribution in [0.2, 0.25) is 0 Å². The first kappa shape index (κ1) is 26.9. The molecule has 1 aromatic heterocycles. The Bertz CT molecular complexity index is 869. The second-order valence-corrected chi connectivity index (χ2v) is 10.4. The molecule has 0 unspecified atom stereocenters. The molecule has 0 aliphatic carbocycles. The van der Waals surface area contributed by atoms with Gasteiger partial charge in [-0.1, -0.05) is 19.9 Å². The van der Waals surface area contributed by atoms with Crippen LogP contribution in [-0.2, 0) is 20.9 Å². The van der Waals surface area contributed by atoms with Crippen molar-refractivity contribution in [2.24, 2.45) is 5.92 Å². The van der Waals surface area contributed by atoms with Crippen molar-refractivity contribution in [1.82, 2.24) is 20.1 Å². The number of hydrogen-bond acceptors (Lipinski definition) is 7. The number of hydrogen-bond donors (Lipinski definition) is 1. The van der Waals surface area contributed by atoms with Gasteiger partial charge in [-0.2, -0.15) is 0 Å². The maximum absolute atomic E-state index is 12.1. The molecule has 35 heavy (non-hydrogen) atoms. The van der Waals surface area contributed by atoms with E-state index in [9.17, 15) is 14.4 Å². The maximum atomic E-state index is 12.1. The number of nitrogens with zero attached hydrogens (tertiary/aromatic N) is 4. The van der Waals surface area contributed by atoms with Crippen molar-refractivity contribution in [3.05, 3.63) is 23.9 Å². The zero-order valence-electron chi connectivity index (χ0n) is 21.9. The third-order valence-electron chi connectivity index (χ3n) is 6.51. The number of rotatable bonds is 6. The molecule has 3 aliphatic heterocycles. The highest BCUT2D eigenvalue weighted by Crippen LogP contribution is 2.25. The standard InChI is InChI=1S/C24H35N5O4.C2H6/c1-24(2,3)33-22(31)12-17-6-9-27(10-7-17)14-18-4-5-20(25-13-18)28-15-19(16-28)29-11-8-21(30)26-23(29)32;1-2/h4-5,13,17,19H,6-12,14-16H2,1-3H3,(H,26,30,32);1-2H3. The predicted octanol–water partition coefficient (Wildman–Crippen LogP) is 3.18. The van der Waals surface area contributed by atoms with Gasteiger partial charge in [0.05, 0.1) is 6.04 Å². The van der Waals surface area contributed by atoms with E-state index in [1.165, 1.54) is 5.56 Å². The molecule has 4 heterocycles. The minimum atomic E-state index is -0.420. The van der Waals surface area contributed by atoms with E-state index in [1.807, 2.05) is 46.9 Å². The fraction of sp³-hybridized carbons (Fsp3) is 0.692. The Hall–Kier alpha value is -2.68. The number of likely N-dealkylation sites (tertiary alicyclic amines) is 1. The molecular weight excluding hydrogens is 446 g/mol.